The third-order valence-corrected chi connectivity index (χ3v) is 10.5. The van der Waals surface area contributed by atoms with Crippen LogP contribution in [0.1, 0.15) is 27.3 Å². The molecule has 1 aromatic carbocycles. The van der Waals surface area contributed by atoms with Crippen molar-refractivity contribution in [3.63, 3.8) is 0 Å². The van der Waals surface area contributed by atoms with Gasteiger partial charge in [-0.1, -0.05) is 16.4 Å². The van der Waals surface area contributed by atoms with Gasteiger partial charge in [-0.2, -0.15) is 4.52 Å². The van der Waals surface area contributed by atoms with Crippen LogP contribution in [0.5, 0.6) is 11.5 Å². The molecule has 4 aromatic rings. The molecule has 20 nitrogen and oxygen atoms in total. The second-order valence-electron chi connectivity index (χ2n) is 10.6. The summed E-state index contributed by atoms with van der Waals surface area (Å²) in [6, 6.07) is 2.57. The van der Waals surface area contributed by atoms with Gasteiger partial charge in [0, 0.05) is 22.4 Å². The Morgan fingerprint density at radius 2 is 1.92 bits per heavy atom. The number of nitrogens with zero attached hydrogens (tertiary/aromatic N) is 7. The van der Waals surface area contributed by atoms with Crippen LogP contribution in [0.4, 0.5) is 5.13 Å². The van der Waals surface area contributed by atoms with Crippen molar-refractivity contribution in [3.8, 4) is 11.5 Å². The van der Waals surface area contributed by atoms with Gasteiger partial charge in [-0.05, 0) is 17.7 Å². The van der Waals surface area contributed by atoms with Crippen molar-refractivity contribution < 1.29 is 54.3 Å². The molecular weight excluding hydrogens is 735 g/mol. The lowest BCUT2D eigenvalue weighted by molar-refractivity contribution is -0.150. The second kappa shape index (κ2) is 14.1. The fourth-order valence-electron chi connectivity index (χ4n) is 5.11. The van der Waals surface area contributed by atoms with Crippen molar-refractivity contribution in [3.05, 3.63) is 63.6 Å². The lowest BCUT2D eigenvalue weighted by Gasteiger charge is -2.49. The highest BCUT2D eigenvalue weighted by Gasteiger charge is 2.54. The fraction of sp³-hybridized carbons (Fsp3) is 0.214. The molecule has 0 bridgehead atoms. The molecular formula is C28H23N9O11S3. The van der Waals surface area contributed by atoms with Crippen molar-refractivity contribution >= 4 is 81.1 Å². The van der Waals surface area contributed by atoms with Crippen LogP contribution < -0.4 is 11.1 Å². The van der Waals surface area contributed by atoms with Crippen LogP contribution in [0.2, 0.25) is 0 Å². The van der Waals surface area contributed by atoms with Gasteiger partial charge in [-0.15, -0.1) is 40.0 Å². The number of nitrogen functional groups attached to an aromatic ring is 1. The van der Waals surface area contributed by atoms with Gasteiger partial charge in [0.1, 0.15) is 40.0 Å². The van der Waals surface area contributed by atoms with Gasteiger partial charge in [0.2, 0.25) is 0 Å². The summed E-state index contributed by atoms with van der Waals surface area (Å²) in [4.78, 5) is 76.8. The van der Waals surface area contributed by atoms with E-state index in [-0.39, 0.29) is 45.7 Å². The van der Waals surface area contributed by atoms with Gasteiger partial charge in [-0.3, -0.25) is 19.3 Å². The summed E-state index contributed by atoms with van der Waals surface area (Å²) < 4.78 is 1.38. The molecule has 6 rings (SSSR count). The summed E-state index contributed by atoms with van der Waals surface area (Å²) in [7, 11) is 0. The number of carboxylic acid groups (broad SMARTS) is 3. The van der Waals surface area contributed by atoms with E-state index in [0.717, 1.165) is 34.1 Å². The lowest BCUT2D eigenvalue weighted by atomic mass is 10.0. The number of anilines is 1. The number of fused-ring (bicyclic) bond motifs is 2. The van der Waals surface area contributed by atoms with Gasteiger partial charge in [0.05, 0.1) is 18.3 Å². The number of thiazole rings is 1. The second-order valence-corrected chi connectivity index (χ2v) is 13.6. The summed E-state index contributed by atoms with van der Waals surface area (Å²) in [6.07, 6.45) is 1.00. The molecule has 0 unspecified atom stereocenters. The van der Waals surface area contributed by atoms with Gasteiger partial charge >= 0.3 is 17.9 Å². The number of nitrogens with one attached hydrogen (secondary N) is 1. The van der Waals surface area contributed by atoms with Crippen LogP contribution >= 0.6 is 34.9 Å². The van der Waals surface area contributed by atoms with E-state index >= 15 is 0 Å². The molecule has 1 fully saturated rings. The third-order valence-electron chi connectivity index (χ3n) is 7.36. The number of benzene rings is 1. The van der Waals surface area contributed by atoms with Crippen LogP contribution in [-0.4, -0.2) is 114 Å². The average molecular weight is 758 g/mol. The first-order chi connectivity index (χ1) is 24.3. The number of hydrogen-bond donors (Lipinski definition) is 7. The van der Waals surface area contributed by atoms with Crippen LogP contribution in [0.3, 0.4) is 0 Å². The monoisotopic (exact) mass is 757 g/mol. The average Bonchev–Trinajstić information content (AvgIpc) is 3.73. The molecule has 0 spiro atoms. The standard InChI is InChI=1S/C28H23N9O11S3/c29-28-32-13(9-51-28)19(34-48-6-10-1-2-14(38)22(41)18(10)26(44)45)23(42)33-20-24(43)36-21(27(46)47)11(8-50-25(20)36)7-49-16-3-12(4-17(39)40)31-15-5-30-35-37(15)16/h1-3,5,9,20,25,38,41H,4,6-8H2,(H2,29,32)(H,33,42)(H,39,40)(H,44,45)(H,46,47)/t20-,25-/m1/s1. The fourth-order valence-corrected chi connectivity index (χ4v) is 8.16. The molecule has 23 heteroatoms. The molecule has 1 saturated heterocycles. The van der Waals surface area contributed by atoms with Crippen molar-refractivity contribution in [1.29, 1.82) is 0 Å². The SMILES string of the molecule is Nc1nc(C(=NOCc2ccc(O)c(O)c2C(=O)O)C(=O)N[C@@H]2C(=O)N3C(C(=O)O)=C(CSc4cc(CC(=O)O)nc5cnnn45)CS[C@H]23)cs1. The van der Waals surface area contributed by atoms with E-state index in [4.69, 9.17) is 10.6 Å². The number of β-lactam (4-membered cyclic amide) rings is 1. The minimum absolute atomic E-state index is 0.0310. The maximum atomic E-state index is 13.5. The number of rotatable bonds is 13. The van der Waals surface area contributed by atoms with Crippen molar-refractivity contribution in [2.75, 3.05) is 17.2 Å². The van der Waals surface area contributed by atoms with Crippen LogP contribution in [0.25, 0.3) is 5.65 Å². The highest BCUT2D eigenvalue weighted by Crippen LogP contribution is 2.42. The van der Waals surface area contributed by atoms with Gasteiger partial charge < -0.3 is 41.4 Å². The first-order valence-corrected chi connectivity index (χ1v) is 17.2. The molecule has 0 saturated carbocycles. The maximum Gasteiger partial charge on any atom is 0.352 e. The van der Waals surface area contributed by atoms with E-state index in [1.807, 2.05) is 0 Å². The number of aromatic nitrogens is 5. The van der Waals surface area contributed by atoms with Gasteiger partial charge in [0.25, 0.3) is 11.8 Å². The number of carboxylic acids is 3. The molecule has 0 aliphatic carbocycles. The molecule has 2 aliphatic rings. The zero-order chi connectivity index (χ0) is 36.6. The summed E-state index contributed by atoms with van der Waals surface area (Å²) in [5, 5.41) is 63.7. The Hall–Kier alpha value is -5.94. The third kappa shape index (κ3) is 6.93. The number of thioether (sulfide) groups is 2. The number of carbonyl (C=O) groups is 5. The summed E-state index contributed by atoms with van der Waals surface area (Å²) in [5.41, 5.74) is 5.24. The Morgan fingerprint density at radius 3 is 2.61 bits per heavy atom. The number of phenolic OH excluding ortho intramolecular Hbond substituents is 1. The van der Waals surface area contributed by atoms with E-state index in [2.05, 4.69) is 30.8 Å². The Morgan fingerprint density at radius 1 is 1.14 bits per heavy atom. The topological polar surface area (TPSA) is 305 Å². The Labute approximate surface area is 296 Å². The number of aromatic hydroxyl groups is 2. The quantitative estimate of drug-likeness (QED) is 0.0242. The molecule has 8 N–H and O–H groups in total. The van der Waals surface area contributed by atoms with Gasteiger partial charge in [-0.25, -0.2) is 19.6 Å². The zero-order valence-electron chi connectivity index (χ0n) is 25.5. The summed E-state index contributed by atoms with van der Waals surface area (Å²) in [6.45, 7) is -0.559. The number of phenols is 2. The molecule has 0 radical (unpaired) electrons. The molecule has 2 atom stereocenters. The highest BCUT2D eigenvalue weighted by molar-refractivity contribution is 8.01. The normalized spacial score (nSPS) is 17.2. The van der Waals surface area contributed by atoms with E-state index in [9.17, 15) is 49.5 Å². The first kappa shape index (κ1) is 34.9. The van der Waals surface area contributed by atoms with Crippen molar-refractivity contribution in [1.82, 2.24) is 35.0 Å². The Balaban J connectivity index is 1.19. The molecule has 5 heterocycles. The van der Waals surface area contributed by atoms with E-state index in [1.165, 1.54) is 40.0 Å². The molecule has 2 amide bonds. The molecule has 264 valence electrons. The van der Waals surface area contributed by atoms with Crippen LogP contribution in [0, 0.1) is 0 Å². The van der Waals surface area contributed by atoms with Crippen molar-refractivity contribution in [2.24, 2.45) is 5.16 Å². The molecule has 2 aliphatic heterocycles. The predicted octanol–water partition coefficient (Wildman–Crippen LogP) is 0.351. The maximum absolute atomic E-state index is 13.5. The molecule has 3 aromatic heterocycles. The largest absolute Gasteiger partial charge is 0.504 e. The zero-order valence-corrected chi connectivity index (χ0v) is 27.9. The number of aliphatic carboxylic acids is 2. The van der Waals surface area contributed by atoms with Crippen molar-refractivity contribution in [2.45, 2.75) is 29.5 Å². The van der Waals surface area contributed by atoms with Crippen LogP contribution in [-0.2, 0) is 37.0 Å². The number of aromatic carboxylic acids is 1. The smallest absolute Gasteiger partial charge is 0.352 e. The molecule has 51 heavy (non-hydrogen) atoms. The van der Waals surface area contributed by atoms with Gasteiger partial charge in [0.15, 0.2) is 28.0 Å². The van der Waals surface area contributed by atoms with Crippen LogP contribution in [0.15, 0.2) is 51.2 Å². The minimum atomic E-state index is -1.56. The number of hydrogen-bond acceptors (Lipinski definition) is 17. The van der Waals surface area contributed by atoms with E-state index in [0.29, 0.717) is 16.2 Å². The highest BCUT2D eigenvalue weighted by atomic mass is 32.2. The van der Waals surface area contributed by atoms with E-state index in [1.54, 1.807) is 0 Å². The number of amides is 2. The number of oxime groups is 1. The Bertz CT molecular complexity index is 2180. The number of carbonyl (C=O) groups excluding carboxylic acids is 2. The van der Waals surface area contributed by atoms with E-state index < -0.39 is 70.5 Å². The Kier molecular flexibility index (Phi) is 9.67. The lowest BCUT2D eigenvalue weighted by Crippen LogP contribution is -2.71. The predicted molar refractivity (Wildman–Crippen MR) is 177 cm³/mol. The number of nitrogens with two attached hydrogens (primary N) is 1. The summed E-state index contributed by atoms with van der Waals surface area (Å²) >= 11 is 3.34. The first-order valence-electron chi connectivity index (χ1n) is 14.3. The summed E-state index contributed by atoms with van der Waals surface area (Å²) in [5.74, 6) is -6.95. The minimum Gasteiger partial charge on any atom is -0.504 e.